The molecule has 2 aliphatic rings. The van der Waals surface area contributed by atoms with Gasteiger partial charge in [-0.3, -0.25) is 19.7 Å². The molecule has 100 valence electrons. The van der Waals surface area contributed by atoms with Gasteiger partial charge in [-0.1, -0.05) is 0 Å². The highest BCUT2D eigenvalue weighted by Crippen LogP contribution is 2.32. The minimum atomic E-state index is -0.415. The number of carbonyl (C=O) groups is 3. The van der Waals surface area contributed by atoms with E-state index in [1.165, 1.54) is 26.7 Å². The van der Waals surface area contributed by atoms with Crippen LogP contribution < -0.4 is 5.32 Å². The summed E-state index contributed by atoms with van der Waals surface area (Å²) in [6, 6.07) is 1.91. The summed E-state index contributed by atoms with van der Waals surface area (Å²) in [6.07, 6.45) is 0.997. The Hall–Kier alpha value is -1.34. The maximum absolute atomic E-state index is 12.3. The van der Waals surface area contributed by atoms with Crippen molar-refractivity contribution < 1.29 is 14.4 Å². The van der Waals surface area contributed by atoms with Crippen molar-refractivity contribution in [2.45, 2.75) is 12.2 Å². The molecule has 19 heavy (non-hydrogen) atoms. The summed E-state index contributed by atoms with van der Waals surface area (Å²) >= 11 is 3.35. The molecule has 0 atom stereocenters. The largest absolute Gasteiger partial charge is 0.319 e. The van der Waals surface area contributed by atoms with Crippen LogP contribution in [0.5, 0.6) is 0 Å². The van der Waals surface area contributed by atoms with Gasteiger partial charge in [-0.25, -0.2) is 0 Å². The average Bonchev–Trinajstić information content (AvgIpc) is 2.80. The summed E-state index contributed by atoms with van der Waals surface area (Å²) in [5.41, 5.74) is 1.22. The molecule has 1 aromatic heterocycles. The number of thiophene rings is 1. The Labute approximate surface area is 118 Å². The Morgan fingerprint density at radius 1 is 1.26 bits per heavy atom. The SMILES string of the molecule is O=C1CN(C(=O)c2cc3c(s2)CCSC3)CC(=O)N1. The van der Waals surface area contributed by atoms with Crippen LogP contribution >= 0.6 is 23.1 Å². The number of imide groups is 1. The number of nitrogens with one attached hydrogen (secondary N) is 1. The van der Waals surface area contributed by atoms with Gasteiger partial charge < -0.3 is 4.90 Å². The fourth-order valence-corrected chi connectivity index (χ4v) is 4.53. The number of hydrogen-bond acceptors (Lipinski definition) is 5. The van der Waals surface area contributed by atoms with Crippen molar-refractivity contribution in [3.63, 3.8) is 0 Å². The van der Waals surface area contributed by atoms with Gasteiger partial charge in [0, 0.05) is 10.6 Å². The molecule has 0 spiro atoms. The van der Waals surface area contributed by atoms with Crippen molar-refractivity contribution in [3.05, 3.63) is 21.4 Å². The van der Waals surface area contributed by atoms with Crippen molar-refractivity contribution >= 4 is 40.8 Å². The van der Waals surface area contributed by atoms with Crippen LogP contribution in [0.15, 0.2) is 6.07 Å². The quantitative estimate of drug-likeness (QED) is 0.772. The van der Waals surface area contributed by atoms with Crippen molar-refractivity contribution in [1.29, 1.82) is 0 Å². The van der Waals surface area contributed by atoms with Crippen LogP contribution in [0.3, 0.4) is 0 Å². The lowest BCUT2D eigenvalue weighted by Gasteiger charge is -2.24. The normalized spacial score (nSPS) is 19.1. The van der Waals surface area contributed by atoms with E-state index in [-0.39, 0.29) is 19.0 Å². The van der Waals surface area contributed by atoms with Gasteiger partial charge in [-0.15, -0.1) is 11.3 Å². The number of aryl methyl sites for hydroxylation is 1. The van der Waals surface area contributed by atoms with Gasteiger partial charge in [0.1, 0.15) is 13.1 Å². The van der Waals surface area contributed by atoms with Crippen LogP contribution in [-0.2, 0) is 21.8 Å². The molecule has 0 aromatic carbocycles. The zero-order valence-electron chi connectivity index (χ0n) is 10.1. The summed E-state index contributed by atoms with van der Waals surface area (Å²) in [7, 11) is 0. The summed E-state index contributed by atoms with van der Waals surface area (Å²) in [5, 5.41) is 2.19. The average molecular weight is 296 g/mol. The van der Waals surface area contributed by atoms with E-state index in [0.717, 1.165) is 17.9 Å². The van der Waals surface area contributed by atoms with E-state index in [1.54, 1.807) is 0 Å². The predicted octanol–water partition coefficient (Wildman–Crippen LogP) is 0.636. The minimum absolute atomic E-state index is 0.0398. The Balaban J connectivity index is 1.81. The van der Waals surface area contributed by atoms with Gasteiger partial charge in [-0.05, 0) is 23.8 Å². The molecule has 0 radical (unpaired) electrons. The molecule has 1 N–H and O–H groups in total. The molecule has 5 nitrogen and oxygen atoms in total. The smallest absolute Gasteiger partial charge is 0.264 e. The first-order valence-corrected chi connectivity index (χ1v) is 7.92. The minimum Gasteiger partial charge on any atom is -0.319 e. The van der Waals surface area contributed by atoms with E-state index < -0.39 is 11.8 Å². The summed E-state index contributed by atoms with van der Waals surface area (Å²) < 4.78 is 0. The van der Waals surface area contributed by atoms with Crippen LogP contribution in [0.4, 0.5) is 0 Å². The molecule has 2 aliphatic heterocycles. The molecule has 3 rings (SSSR count). The van der Waals surface area contributed by atoms with Crippen LogP contribution in [0, 0.1) is 0 Å². The zero-order chi connectivity index (χ0) is 13.4. The standard InChI is InChI=1S/C12H12N2O3S2/c15-10-4-14(5-11(16)13-10)12(17)9-3-7-6-18-2-1-8(7)19-9/h3H,1-2,4-6H2,(H,13,15,16). The maximum atomic E-state index is 12.3. The number of carbonyl (C=O) groups excluding carboxylic acids is 3. The first kappa shape index (κ1) is 12.7. The van der Waals surface area contributed by atoms with Crippen molar-refractivity contribution in [1.82, 2.24) is 10.2 Å². The van der Waals surface area contributed by atoms with E-state index in [1.807, 2.05) is 17.8 Å². The van der Waals surface area contributed by atoms with E-state index in [9.17, 15) is 14.4 Å². The fraction of sp³-hybridized carbons (Fsp3) is 0.417. The number of hydrogen-bond donors (Lipinski definition) is 1. The zero-order valence-corrected chi connectivity index (χ0v) is 11.7. The van der Waals surface area contributed by atoms with Gasteiger partial charge in [0.25, 0.3) is 5.91 Å². The highest BCUT2D eigenvalue weighted by atomic mass is 32.2. The molecule has 3 amide bonds. The van der Waals surface area contributed by atoms with Gasteiger partial charge in [0.2, 0.25) is 11.8 Å². The molecule has 1 aromatic rings. The highest BCUT2D eigenvalue weighted by Gasteiger charge is 2.28. The molecule has 0 unspecified atom stereocenters. The van der Waals surface area contributed by atoms with E-state index in [4.69, 9.17) is 0 Å². The lowest BCUT2D eigenvalue weighted by molar-refractivity contribution is -0.135. The summed E-state index contributed by atoms with van der Waals surface area (Å²) in [6.45, 7) is -0.0796. The van der Waals surface area contributed by atoms with Crippen molar-refractivity contribution in [3.8, 4) is 0 Å². The van der Waals surface area contributed by atoms with Gasteiger partial charge in [-0.2, -0.15) is 11.8 Å². The lowest BCUT2D eigenvalue weighted by atomic mass is 10.2. The fourth-order valence-electron chi connectivity index (χ4n) is 2.19. The van der Waals surface area contributed by atoms with Gasteiger partial charge in [0.15, 0.2) is 0 Å². The summed E-state index contributed by atoms with van der Waals surface area (Å²) in [5.74, 6) is 0.986. The van der Waals surface area contributed by atoms with Crippen molar-refractivity contribution in [2.75, 3.05) is 18.8 Å². The molecule has 3 heterocycles. The maximum Gasteiger partial charge on any atom is 0.264 e. The number of fused-ring (bicyclic) bond motifs is 1. The second kappa shape index (κ2) is 4.97. The lowest BCUT2D eigenvalue weighted by Crippen LogP contribution is -2.53. The van der Waals surface area contributed by atoms with E-state index >= 15 is 0 Å². The monoisotopic (exact) mass is 296 g/mol. The second-order valence-corrected chi connectivity index (χ2v) is 6.74. The number of rotatable bonds is 1. The van der Waals surface area contributed by atoms with Crippen molar-refractivity contribution in [2.24, 2.45) is 0 Å². The molecular formula is C12H12N2O3S2. The molecule has 0 saturated carbocycles. The number of piperazine rings is 1. The first-order valence-electron chi connectivity index (χ1n) is 5.95. The third-order valence-electron chi connectivity index (χ3n) is 3.07. The number of amides is 3. The second-order valence-electron chi connectivity index (χ2n) is 4.49. The van der Waals surface area contributed by atoms with Gasteiger partial charge in [0.05, 0.1) is 4.88 Å². The Morgan fingerprint density at radius 3 is 2.68 bits per heavy atom. The Morgan fingerprint density at radius 2 is 2.00 bits per heavy atom. The number of thioether (sulfide) groups is 1. The van der Waals surface area contributed by atoms with E-state index in [0.29, 0.717) is 4.88 Å². The topological polar surface area (TPSA) is 66.5 Å². The molecule has 0 bridgehead atoms. The molecule has 0 aliphatic carbocycles. The van der Waals surface area contributed by atoms with Gasteiger partial charge >= 0.3 is 0 Å². The molecule has 1 saturated heterocycles. The molecule has 7 heteroatoms. The van der Waals surface area contributed by atoms with Crippen LogP contribution in [0.1, 0.15) is 20.1 Å². The first-order chi connectivity index (χ1) is 9.13. The van der Waals surface area contributed by atoms with Crippen LogP contribution in [0.25, 0.3) is 0 Å². The third kappa shape index (κ3) is 2.52. The molecule has 1 fully saturated rings. The van der Waals surface area contributed by atoms with Crippen LogP contribution in [0.2, 0.25) is 0 Å². The van der Waals surface area contributed by atoms with E-state index in [2.05, 4.69) is 5.32 Å². The Bertz CT molecular complexity index is 528. The summed E-state index contributed by atoms with van der Waals surface area (Å²) in [4.78, 5) is 38.1. The Kier molecular flexibility index (Phi) is 3.32. The highest BCUT2D eigenvalue weighted by molar-refractivity contribution is 7.98. The molecular weight excluding hydrogens is 284 g/mol. The van der Waals surface area contributed by atoms with Crippen LogP contribution in [-0.4, -0.2) is 41.5 Å². The third-order valence-corrected chi connectivity index (χ3v) is 5.31. The number of nitrogens with zero attached hydrogens (tertiary/aromatic N) is 1. The predicted molar refractivity (Wildman–Crippen MR) is 73.2 cm³/mol.